The number of aromatic nitrogens is 1. The maximum atomic E-state index is 13.7. The summed E-state index contributed by atoms with van der Waals surface area (Å²) in [7, 11) is -3.75. The van der Waals surface area contributed by atoms with Gasteiger partial charge in [0.05, 0.1) is 21.3 Å². The number of carbonyl (C=O) groups excluding carboxylic acids is 1. The number of halogens is 1. The van der Waals surface area contributed by atoms with Crippen molar-refractivity contribution in [2.45, 2.75) is 24.8 Å². The molecular formula is C31H25FN4O3S2. The van der Waals surface area contributed by atoms with Crippen LogP contribution in [0.2, 0.25) is 0 Å². The maximum absolute atomic E-state index is 13.7. The monoisotopic (exact) mass is 584 g/mol. The van der Waals surface area contributed by atoms with Gasteiger partial charge in [0.2, 0.25) is 15.2 Å². The topological polar surface area (TPSA) is 82.9 Å². The van der Waals surface area contributed by atoms with Crippen LogP contribution in [-0.4, -0.2) is 36.4 Å². The molecule has 6 rings (SSSR count). The number of hydrazone groups is 1. The van der Waals surface area contributed by atoms with E-state index in [-0.39, 0.29) is 16.3 Å². The Morgan fingerprint density at radius 3 is 2.49 bits per heavy atom. The summed E-state index contributed by atoms with van der Waals surface area (Å²) in [5, 5.41) is 5.96. The van der Waals surface area contributed by atoms with E-state index in [1.165, 1.54) is 63.3 Å². The van der Waals surface area contributed by atoms with E-state index in [9.17, 15) is 17.6 Å². The van der Waals surface area contributed by atoms with Gasteiger partial charge in [0.1, 0.15) is 5.82 Å². The lowest BCUT2D eigenvalue weighted by atomic mass is 10.0. The standard InChI is InChI=1S/C31H25FN4O3S2/c1-21-6-15-28-29(18-21)40-31(34-28)36(33-19-22-7-11-26(32)12-8-22)30(37)24-9-13-27(14-10-24)41(38,39)35-17-16-23-4-2-3-5-25(23)20-35/h2-15,18-19H,16-17,20H2,1H3/b33-19+. The van der Waals surface area contributed by atoms with E-state index >= 15 is 0 Å². The normalized spacial score (nSPS) is 13.9. The third-order valence-corrected chi connectivity index (χ3v) is 9.79. The summed E-state index contributed by atoms with van der Waals surface area (Å²) in [6.07, 6.45) is 2.11. The van der Waals surface area contributed by atoms with Gasteiger partial charge in [-0.2, -0.15) is 14.4 Å². The van der Waals surface area contributed by atoms with Gasteiger partial charge in [0.25, 0.3) is 5.91 Å². The Morgan fingerprint density at radius 2 is 1.73 bits per heavy atom. The summed E-state index contributed by atoms with van der Waals surface area (Å²) >= 11 is 1.32. The third-order valence-electron chi connectivity index (χ3n) is 6.93. The minimum atomic E-state index is -3.75. The Bertz CT molecular complexity index is 1890. The average Bonchev–Trinajstić information content (AvgIpc) is 3.40. The molecule has 0 aliphatic carbocycles. The number of fused-ring (bicyclic) bond motifs is 2. The number of rotatable bonds is 6. The Labute approximate surface area is 241 Å². The van der Waals surface area contributed by atoms with Crippen LogP contribution >= 0.6 is 11.3 Å². The summed E-state index contributed by atoms with van der Waals surface area (Å²) in [5.74, 6) is -0.851. The predicted octanol–water partition coefficient (Wildman–Crippen LogP) is 6.17. The van der Waals surface area contributed by atoms with E-state index < -0.39 is 15.9 Å². The first-order valence-electron chi connectivity index (χ1n) is 13.0. The van der Waals surface area contributed by atoms with Gasteiger partial charge < -0.3 is 0 Å². The first-order valence-corrected chi connectivity index (χ1v) is 15.2. The highest BCUT2D eigenvalue weighted by Crippen LogP contribution is 2.31. The van der Waals surface area contributed by atoms with Crippen molar-refractivity contribution >= 4 is 48.8 Å². The zero-order chi connectivity index (χ0) is 28.6. The lowest BCUT2D eigenvalue weighted by Crippen LogP contribution is -2.36. The summed E-state index contributed by atoms with van der Waals surface area (Å²) in [5.41, 5.74) is 4.80. The smallest absolute Gasteiger partial charge is 0.267 e. The molecule has 4 aromatic carbocycles. The van der Waals surface area contributed by atoms with Crippen molar-refractivity contribution in [3.05, 3.63) is 125 Å². The van der Waals surface area contributed by atoms with Crippen molar-refractivity contribution in [1.29, 1.82) is 0 Å². The van der Waals surface area contributed by atoms with Crippen LogP contribution in [0, 0.1) is 12.7 Å². The first kappa shape index (κ1) is 26.9. The molecule has 0 saturated carbocycles. The van der Waals surface area contributed by atoms with Crippen LogP contribution in [0.4, 0.5) is 9.52 Å². The Balaban J connectivity index is 1.30. The number of hydrogen-bond acceptors (Lipinski definition) is 6. The van der Waals surface area contributed by atoms with Crippen LogP contribution < -0.4 is 5.01 Å². The summed E-state index contributed by atoms with van der Waals surface area (Å²) < 4.78 is 42.6. The highest BCUT2D eigenvalue weighted by atomic mass is 32.2. The fourth-order valence-electron chi connectivity index (χ4n) is 4.69. The fraction of sp³-hybridized carbons (Fsp3) is 0.129. The van der Waals surface area contributed by atoms with E-state index in [0.29, 0.717) is 30.2 Å². The molecule has 206 valence electrons. The molecule has 0 saturated heterocycles. The zero-order valence-electron chi connectivity index (χ0n) is 22.1. The minimum Gasteiger partial charge on any atom is -0.267 e. The van der Waals surface area contributed by atoms with Crippen LogP contribution in [0.15, 0.2) is 101 Å². The van der Waals surface area contributed by atoms with Gasteiger partial charge >= 0.3 is 0 Å². The van der Waals surface area contributed by atoms with Crippen molar-refractivity contribution in [3.8, 4) is 0 Å². The number of aryl methyl sites for hydroxylation is 1. The molecule has 1 aromatic heterocycles. The summed E-state index contributed by atoms with van der Waals surface area (Å²) in [6.45, 7) is 2.68. The second kappa shape index (κ2) is 11.0. The molecule has 0 N–H and O–H groups in total. The van der Waals surface area contributed by atoms with Crippen LogP contribution in [0.3, 0.4) is 0 Å². The van der Waals surface area contributed by atoms with Crippen LogP contribution in [0.1, 0.15) is 32.6 Å². The molecule has 0 atom stereocenters. The van der Waals surface area contributed by atoms with Crippen molar-refractivity contribution in [2.75, 3.05) is 11.6 Å². The predicted molar refractivity (Wildman–Crippen MR) is 159 cm³/mol. The van der Waals surface area contributed by atoms with E-state index in [1.807, 2.05) is 49.4 Å². The summed E-state index contributed by atoms with van der Waals surface area (Å²) in [4.78, 5) is 18.5. The molecule has 0 spiro atoms. The Hall–Kier alpha value is -4.25. The molecule has 1 aliphatic rings. The molecule has 10 heteroatoms. The molecule has 5 aromatic rings. The van der Waals surface area contributed by atoms with E-state index in [2.05, 4.69) is 10.1 Å². The molecule has 0 unspecified atom stereocenters. The van der Waals surface area contributed by atoms with Crippen LogP contribution in [0.25, 0.3) is 10.2 Å². The average molecular weight is 585 g/mol. The largest absolute Gasteiger partial charge is 0.280 e. The highest BCUT2D eigenvalue weighted by Gasteiger charge is 2.29. The fourth-order valence-corrected chi connectivity index (χ4v) is 7.13. The number of sulfonamides is 1. The van der Waals surface area contributed by atoms with Gasteiger partial charge in [-0.3, -0.25) is 4.79 Å². The molecule has 2 heterocycles. The molecule has 1 aliphatic heterocycles. The van der Waals surface area contributed by atoms with Gasteiger partial charge in [0.15, 0.2) is 0 Å². The zero-order valence-corrected chi connectivity index (χ0v) is 23.7. The highest BCUT2D eigenvalue weighted by molar-refractivity contribution is 7.89. The van der Waals surface area contributed by atoms with Crippen LogP contribution in [0.5, 0.6) is 0 Å². The number of carbonyl (C=O) groups is 1. The molecule has 41 heavy (non-hydrogen) atoms. The number of hydrogen-bond donors (Lipinski definition) is 0. The van der Waals surface area contributed by atoms with E-state index in [4.69, 9.17) is 0 Å². The summed E-state index contributed by atoms with van der Waals surface area (Å²) in [6, 6.07) is 25.3. The number of benzene rings is 4. The molecule has 7 nitrogen and oxygen atoms in total. The van der Waals surface area contributed by atoms with Crippen molar-refractivity contribution in [1.82, 2.24) is 9.29 Å². The van der Waals surface area contributed by atoms with Crippen molar-refractivity contribution in [3.63, 3.8) is 0 Å². The van der Waals surface area contributed by atoms with Gasteiger partial charge in [-0.25, -0.2) is 17.8 Å². The maximum Gasteiger partial charge on any atom is 0.280 e. The molecule has 1 amide bonds. The van der Waals surface area contributed by atoms with Crippen molar-refractivity contribution < 1.29 is 17.6 Å². The quantitative estimate of drug-likeness (QED) is 0.177. The Morgan fingerprint density at radius 1 is 1.00 bits per heavy atom. The van der Waals surface area contributed by atoms with E-state index in [1.54, 1.807) is 12.1 Å². The third kappa shape index (κ3) is 5.54. The Kier molecular flexibility index (Phi) is 7.21. The van der Waals surface area contributed by atoms with Crippen LogP contribution in [-0.2, 0) is 23.0 Å². The first-order chi connectivity index (χ1) is 19.8. The molecule has 0 radical (unpaired) electrons. The SMILES string of the molecule is Cc1ccc2nc(N(/N=C/c3ccc(F)cc3)C(=O)c3ccc(S(=O)(=O)N4CCc5ccccc5C4)cc3)sc2c1. The second-order valence-electron chi connectivity index (χ2n) is 9.76. The number of anilines is 1. The number of amides is 1. The lowest BCUT2D eigenvalue weighted by Gasteiger charge is -2.28. The van der Waals surface area contributed by atoms with Gasteiger partial charge in [0, 0.05) is 18.7 Å². The van der Waals surface area contributed by atoms with Gasteiger partial charge in [-0.15, -0.1) is 0 Å². The number of nitrogens with zero attached hydrogens (tertiary/aromatic N) is 4. The van der Waals surface area contributed by atoms with Crippen molar-refractivity contribution in [2.24, 2.45) is 5.10 Å². The minimum absolute atomic E-state index is 0.116. The van der Waals surface area contributed by atoms with E-state index in [0.717, 1.165) is 26.9 Å². The second-order valence-corrected chi connectivity index (χ2v) is 12.7. The van der Waals surface area contributed by atoms with Gasteiger partial charge in [-0.1, -0.05) is 53.8 Å². The molecule has 0 fully saturated rings. The lowest BCUT2D eigenvalue weighted by molar-refractivity contribution is 0.0987. The number of thiazole rings is 1. The van der Waals surface area contributed by atoms with Gasteiger partial charge in [-0.05, 0) is 84.1 Å². The molecule has 0 bridgehead atoms. The molecular weight excluding hydrogens is 559 g/mol.